The zero-order valence-electron chi connectivity index (χ0n) is 17.8. The maximum absolute atomic E-state index is 12.1. The van der Waals surface area contributed by atoms with Crippen molar-refractivity contribution >= 4 is 21.7 Å². The fourth-order valence-corrected chi connectivity index (χ4v) is 4.78. The molecule has 0 atom stereocenters. The first-order chi connectivity index (χ1) is 15.2. The summed E-state index contributed by atoms with van der Waals surface area (Å²) in [5.41, 5.74) is 2.79. The molecule has 5 rings (SSSR count). The minimum Gasteiger partial charge on any atom is -0.497 e. The lowest BCUT2D eigenvalue weighted by molar-refractivity contribution is -1.02. The minimum atomic E-state index is -0.296. The molecule has 4 aromatic rings. The quantitative estimate of drug-likeness (QED) is 0.484. The molecule has 0 spiro atoms. The van der Waals surface area contributed by atoms with Crippen molar-refractivity contribution in [1.29, 1.82) is 0 Å². The molecule has 1 fully saturated rings. The largest absolute Gasteiger partial charge is 0.497 e. The molecule has 1 aliphatic heterocycles. The van der Waals surface area contributed by atoms with Crippen LogP contribution in [0.3, 0.4) is 0 Å². The molecule has 0 amide bonds. The molecule has 0 aliphatic carbocycles. The Balaban J connectivity index is 1.28. The lowest BCUT2D eigenvalue weighted by atomic mass is 10.0. The summed E-state index contributed by atoms with van der Waals surface area (Å²) in [5, 5.41) is 3.68. The first-order valence-corrected chi connectivity index (χ1v) is 10.9. The van der Waals surface area contributed by atoms with Gasteiger partial charge in [0.05, 0.1) is 7.11 Å². The monoisotopic (exact) mass is 416 g/mol. The van der Waals surface area contributed by atoms with Gasteiger partial charge in [-0.3, -0.25) is 0 Å². The normalized spacial score (nSPS) is 19.0. The van der Waals surface area contributed by atoms with Crippen LogP contribution < -0.4 is 20.2 Å². The SMILES string of the molecule is COc1ccc2c(C[NH+]3CC[NH+](Cc4cccc5ccccc45)CC3)cc(=O)oc2c1. The van der Waals surface area contributed by atoms with Gasteiger partial charge in [-0.15, -0.1) is 0 Å². The average Bonchev–Trinajstić information content (AvgIpc) is 2.80. The Labute approximate surface area is 181 Å². The number of hydrogen-bond acceptors (Lipinski definition) is 3. The van der Waals surface area contributed by atoms with E-state index in [9.17, 15) is 4.79 Å². The molecular weight excluding hydrogens is 388 g/mol. The van der Waals surface area contributed by atoms with Crippen molar-refractivity contribution in [3.05, 3.63) is 88.3 Å². The third-order valence-electron chi connectivity index (χ3n) is 6.46. The van der Waals surface area contributed by atoms with Crippen molar-refractivity contribution in [3.8, 4) is 5.75 Å². The van der Waals surface area contributed by atoms with Crippen LogP contribution in [0.4, 0.5) is 0 Å². The molecule has 31 heavy (non-hydrogen) atoms. The van der Waals surface area contributed by atoms with Gasteiger partial charge >= 0.3 is 5.63 Å². The van der Waals surface area contributed by atoms with Gasteiger partial charge in [0.25, 0.3) is 0 Å². The van der Waals surface area contributed by atoms with Crippen molar-refractivity contribution in [2.24, 2.45) is 0 Å². The molecule has 5 nitrogen and oxygen atoms in total. The molecule has 1 aliphatic rings. The van der Waals surface area contributed by atoms with Crippen LogP contribution in [0.1, 0.15) is 11.1 Å². The molecule has 0 radical (unpaired) electrons. The van der Waals surface area contributed by atoms with Crippen LogP contribution in [-0.2, 0) is 13.1 Å². The predicted molar refractivity (Wildman–Crippen MR) is 122 cm³/mol. The molecular formula is C26H28N2O3+2. The van der Waals surface area contributed by atoms with E-state index in [0.29, 0.717) is 11.3 Å². The van der Waals surface area contributed by atoms with Crippen molar-refractivity contribution in [2.75, 3.05) is 33.3 Å². The van der Waals surface area contributed by atoms with Crippen LogP contribution in [0.15, 0.2) is 75.9 Å². The van der Waals surface area contributed by atoms with Crippen LogP contribution in [0.2, 0.25) is 0 Å². The maximum atomic E-state index is 12.1. The van der Waals surface area contributed by atoms with Gasteiger partial charge in [-0.2, -0.15) is 0 Å². The number of methoxy groups -OCH3 is 1. The third-order valence-corrected chi connectivity index (χ3v) is 6.46. The van der Waals surface area contributed by atoms with E-state index in [1.807, 2.05) is 12.1 Å². The zero-order chi connectivity index (χ0) is 21.2. The van der Waals surface area contributed by atoms with E-state index in [2.05, 4.69) is 42.5 Å². The van der Waals surface area contributed by atoms with Crippen LogP contribution in [0.25, 0.3) is 21.7 Å². The van der Waals surface area contributed by atoms with E-state index in [1.54, 1.807) is 24.1 Å². The van der Waals surface area contributed by atoms with Gasteiger partial charge in [-0.1, -0.05) is 42.5 Å². The zero-order valence-corrected chi connectivity index (χ0v) is 17.8. The van der Waals surface area contributed by atoms with Crippen molar-refractivity contribution in [1.82, 2.24) is 0 Å². The fourth-order valence-electron chi connectivity index (χ4n) is 4.78. The number of fused-ring (bicyclic) bond motifs is 2. The summed E-state index contributed by atoms with van der Waals surface area (Å²) in [6, 6.07) is 22.6. The smallest absolute Gasteiger partial charge is 0.336 e. The molecule has 1 saturated heterocycles. The number of ether oxygens (including phenoxy) is 1. The van der Waals surface area contributed by atoms with E-state index in [0.717, 1.165) is 50.2 Å². The van der Waals surface area contributed by atoms with Crippen molar-refractivity contribution in [3.63, 3.8) is 0 Å². The maximum Gasteiger partial charge on any atom is 0.336 e. The summed E-state index contributed by atoms with van der Waals surface area (Å²) in [6.07, 6.45) is 0. The summed E-state index contributed by atoms with van der Waals surface area (Å²) in [6.45, 7) is 6.36. The van der Waals surface area contributed by atoms with Crippen LogP contribution in [-0.4, -0.2) is 33.3 Å². The van der Waals surface area contributed by atoms with E-state index in [4.69, 9.17) is 9.15 Å². The summed E-state index contributed by atoms with van der Waals surface area (Å²) >= 11 is 0. The lowest BCUT2D eigenvalue weighted by Gasteiger charge is -2.30. The second kappa shape index (κ2) is 8.53. The Morgan fingerprint density at radius 2 is 1.52 bits per heavy atom. The summed E-state index contributed by atoms with van der Waals surface area (Å²) in [4.78, 5) is 15.2. The van der Waals surface area contributed by atoms with Gasteiger partial charge in [0.15, 0.2) is 0 Å². The van der Waals surface area contributed by atoms with Crippen molar-refractivity contribution in [2.45, 2.75) is 13.1 Å². The molecule has 158 valence electrons. The highest BCUT2D eigenvalue weighted by Crippen LogP contribution is 2.22. The van der Waals surface area contributed by atoms with Gasteiger partial charge in [-0.05, 0) is 22.9 Å². The van der Waals surface area contributed by atoms with Gasteiger partial charge in [0.1, 0.15) is 50.6 Å². The Morgan fingerprint density at radius 3 is 2.29 bits per heavy atom. The van der Waals surface area contributed by atoms with Gasteiger partial charge < -0.3 is 19.0 Å². The summed E-state index contributed by atoms with van der Waals surface area (Å²) < 4.78 is 10.7. The molecule has 5 heteroatoms. The Bertz CT molecular complexity index is 1270. The van der Waals surface area contributed by atoms with Crippen LogP contribution in [0, 0.1) is 0 Å². The van der Waals surface area contributed by atoms with Gasteiger partial charge in [0.2, 0.25) is 0 Å². The highest BCUT2D eigenvalue weighted by atomic mass is 16.5. The standard InChI is InChI=1S/C26H26N2O3/c1-30-22-9-10-24-21(15-26(29)31-25(24)16-22)18-28-13-11-27(12-14-28)17-20-7-4-6-19-5-2-3-8-23(19)20/h2-10,15-16H,11-14,17-18H2,1H3/p+2. The highest BCUT2D eigenvalue weighted by molar-refractivity contribution is 5.85. The third kappa shape index (κ3) is 4.20. The number of quaternary nitrogens is 2. The highest BCUT2D eigenvalue weighted by Gasteiger charge is 2.24. The van der Waals surface area contributed by atoms with Gasteiger partial charge in [-0.25, -0.2) is 4.79 Å². The molecule has 0 unspecified atom stereocenters. The number of nitrogens with one attached hydrogen (secondary N) is 2. The lowest BCUT2D eigenvalue weighted by Crippen LogP contribution is -3.27. The second-order valence-electron chi connectivity index (χ2n) is 8.44. The fraction of sp³-hybridized carbons (Fsp3) is 0.269. The molecule has 2 heterocycles. The van der Waals surface area contributed by atoms with E-state index >= 15 is 0 Å². The Hall–Kier alpha value is -3.15. The van der Waals surface area contributed by atoms with Crippen molar-refractivity contribution < 1.29 is 19.0 Å². The van der Waals surface area contributed by atoms with Gasteiger partial charge in [0, 0.05) is 28.6 Å². The van der Waals surface area contributed by atoms with Crippen LogP contribution >= 0.6 is 0 Å². The number of hydrogen-bond donors (Lipinski definition) is 2. The summed E-state index contributed by atoms with van der Waals surface area (Å²) in [5.74, 6) is 0.700. The number of rotatable bonds is 5. The molecule has 0 saturated carbocycles. The first-order valence-electron chi connectivity index (χ1n) is 10.9. The number of piperazine rings is 1. The van der Waals surface area contributed by atoms with Crippen LogP contribution in [0.5, 0.6) is 5.75 Å². The van der Waals surface area contributed by atoms with E-state index in [-0.39, 0.29) is 5.63 Å². The molecule has 2 N–H and O–H groups in total. The second-order valence-corrected chi connectivity index (χ2v) is 8.44. The molecule has 3 aromatic carbocycles. The number of benzene rings is 3. The van der Waals surface area contributed by atoms with E-state index < -0.39 is 0 Å². The minimum absolute atomic E-state index is 0.296. The molecule has 1 aromatic heterocycles. The topological polar surface area (TPSA) is 48.3 Å². The Morgan fingerprint density at radius 1 is 0.806 bits per heavy atom. The first kappa shape index (κ1) is 19.8. The Kier molecular flexibility index (Phi) is 5.45. The predicted octanol–water partition coefficient (Wildman–Crippen LogP) is 1.44. The summed E-state index contributed by atoms with van der Waals surface area (Å²) in [7, 11) is 1.62. The average molecular weight is 417 g/mol. The molecule has 0 bridgehead atoms. The van der Waals surface area contributed by atoms with E-state index in [1.165, 1.54) is 21.2 Å².